The number of benzene rings is 4. The Kier molecular flexibility index (Phi) is 8.11. The highest BCUT2D eigenvalue weighted by Crippen LogP contribution is 2.39. The van der Waals surface area contributed by atoms with Crippen molar-refractivity contribution >= 4 is 40.2 Å². The Hall–Kier alpha value is -3.81. The molecular weight excluding hydrogens is 572 g/mol. The maximum atomic E-state index is 13.3. The second-order valence-electron chi connectivity index (χ2n) is 9.89. The highest BCUT2D eigenvalue weighted by molar-refractivity contribution is 6.30. The molecule has 0 amide bonds. The second-order valence-corrected chi connectivity index (χ2v) is 10.8. The monoisotopic (exact) mass is 596 g/mol. The van der Waals surface area contributed by atoms with Gasteiger partial charge in [-0.3, -0.25) is 0 Å². The molecule has 4 aromatic carbocycles. The molecule has 1 atom stereocenters. The van der Waals surface area contributed by atoms with Crippen molar-refractivity contribution in [2.75, 3.05) is 0 Å². The number of carbonyl (C=O) groups excluding carboxylic acids is 1. The van der Waals surface area contributed by atoms with Crippen molar-refractivity contribution in [3.05, 3.63) is 129 Å². The predicted octanol–water partition coefficient (Wildman–Crippen LogP) is 9.10. The Morgan fingerprint density at radius 1 is 0.854 bits per heavy atom. The van der Waals surface area contributed by atoms with E-state index in [1.54, 1.807) is 31.2 Å². The molecule has 0 unspecified atom stereocenters. The summed E-state index contributed by atoms with van der Waals surface area (Å²) in [4.78, 5) is 16.6. The topological polar surface area (TPSA) is 44.1 Å². The van der Waals surface area contributed by atoms with Crippen LogP contribution in [0.1, 0.15) is 46.8 Å². The van der Waals surface area contributed by atoms with Crippen LogP contribution in [-0.2, 0) is 11.3 Å². The van der Waals surface area contributed by atoms with Gasteiger partial charge in [-0.1, -0.05) is 84.7 Å². The van der Waals surface area contributed by atoms with Gasteiger partial charge in [0.25, 0.3) is 0 Å². The molecule has 0 N–H and O–H groups in total. The number of aromatic nitrogens is 2. The van der Waals surface area contributed by atoms with Crippen LogP contribution in [0, 0.1) is 6.92 Å². The highest BCUT2D eigenvalue weighted by Gasteiger charge is 2.42. The van der Waals surface area contributed by atoms with Crippen molar-refractivity contribution in [3.8, 4) is 5.75 Å². The molecule has 41 heavy (non-hydrogen) atoms. The molecule has 5 aromatic rings. The van der Waals surface area contributed by atoms with E-state index in [2.05, 4.69) is 11.9 Å². The number of imidazole rings is 1. The number of esters is 1. The van der Waals surface area contributed by atoms with E-state index in [1.165, 1.54) is 6.07 Å². The van der Waals surface area contributed by atoms with Crippen molar-refractivity contribution in [1.29, 1.82) is 0 Å². The number of ether oxygens (including phenoxy) is 1. The van der Waals surface area contributed by atoms with Crippen LogP contribution in [0.3, 0.4) is 0 Å². The van der Waals surface area contributed by atoms with Crippen LogP contribution in [0.4, 0.5) is 13.2 Å². The summed E-state index contributed by atoms with van der Waals surface area (Å²) in [5.41, 5.74) is 4.12. The van der Waals surface area contributed by atoms with Crippen molar-refractivity contribution in [3.63, 3.8) is 0 Å². The molecule has 1 heterocycles. The molecule has 0 aliphatic carbocycles. The van der Waals surface area contributed by atoms with E-state index >= 15 is 0 Å². The summed E-state index contributed by atoms with van der Waals surface area (Å²) in [5, 5.41) is 1.09. The molecule has 0 aliphatic heterocycles. The van der Waals surface area contributed by atoms with Gasteiger partial charge in [-0.15, -0.1) is 0 Å². The second kappa shape index (κ2) is 11.6. The van der Waals surface area contributed by atoms with Gasteiger partial charge >= 0.3 is 12.1 Å². The van der Waals surface area contributed by atoms with Crippen molar-refractivity contribution < 1.29 is 22.7 Å². The van der Waals surface area contributed by atoms with E-state index in [9.17, 15) is 18.0 Å². The van der Waals surface area contributed by atoms with Gasteiger partial charge in [0.05, 0.1) is 5.52 Å². The third-order valence-corrected chi connectivity index (χ3v) is 7.54. The van der Waals surface area contributed by atoms with Gasteiger partial charge in [-0.05, 0) is 71.5 Å². The molecular formula is C32H25Cl2F3N2O2. The normalized spacial score (nSPS) is 12.6. The molecule has 0 saturated carbocycles. The Morgan fingerprint density at radius 3 is 1.95 bits per heavy atom. The van der Waals surface area contributed by atoms with Crippen LogP contribution in [0.5, 0.6) is 5.75 Å². The number of aryl methyl sites for hydroxylation is 1. The van der Waals surface area contributed by atoms with Crippen molar-refractivity contribution in [1.82, 2.24) is 9.55 Å². The molecule has 0 saturated heterocycles. The minimum Gasteiger partial charge on any atom is -0.417 e. The number of fused-ring (bicyclic) bond motifs is 1. The lowest BCUT2D eigenvalue weighted by atomic mass is 9.85. The highest BCUT2D eigenvalue weighted by atomic mass is 35.5. The first-order valence-electron chi connectivity index (χ1n) is 12.9. The standard InChI is InChI=1S/C32H25Cl2F3N2O2/c1-19(21-6-4-3-5-7-21)18-39-20(2)38-30-27(39)16-24(17-28(30)41-31(40)32(35,36)37)29(22-8-12-25(33)13-9-22)23-10-14-26(34)15-11-23/h3-17,19,29H,18H2,1-2H3/t19-/m1/s1. The van der Waals surface area contributed by atoms with Gasteiger partial charge in [0, 0.05) is 22.5 Å². The number of hydrogen-bond donors (Lipinski definition) is 0. The van der Waals surface area contributed by atoms with Gasteiger partial charge in [-0.2, -0.15) is 13.2 Å². The van der Waals surface area contributed by atoms with E-state index < -0.39 is 18.1 Å². The summed E-state index contributed by atoms with van der Waals surface area (Å²) >= 11 is 12.3. The molecule has 0 spiro atoms. The summed E-state index contributed by atoms with van der Waals surface area (Å²) < 4.78 is 46.9. The largest absolute Gasteiger partial charge is 0.491 e. The maximum absolute atomic E-state index is 13.3. The maximum Gasteiger partial charge on any atom is 0.491 e. The zero-order valence-corrected chi connectivity index (χ0v) is 23.6. The van der Waals surface area contributed by atoms with Crippen molar-refractivity contribution in [2.24, 2.45) is 0 Å². The number of halogens is 5. The minimum atomic E-state index is -5.17. The van der Waals surface area contributed by atoms with E-state index in [1.807, 2.05) is 65.2 Å². The SMILES string of the molecule is Cc1nc2c(OC(=O)C(F)(F)F)cc(C(c3ccc(Cl)cc3)c3ccc(Cl)cc3)cc2n1C[C@@H](C)c1ccccc1. The molecule has 9 heteroatoms. The first-order valence-corrected chi connectivity index (χ1v) is 13.6. The lowest BCUT2D eigenvalue weighted by Gasteiger charge is -2.21. The fraction of sp³-hybridized carbons (Fsp3) is 0.188. The Morgan fingerprint density at radius 2 is 1.41 bits per heavy atom. The fourth-order valence-corrected chi connectivity index (χ4v) is 5.26. The molecule has 210 valence electrons. The van der Waals surface area contributed by atoms with Crippen LogP contribution in [-0.4, -0.2) is 21.7 Å². The average molecular weight is 597 g/mol. The molecule has 4 nitrogen and oxygen atoms in total. The number of alkyl halides is 3. The Balaban J connectivity index is 1.72. The third-order valence-electron chi connectivity index (χ3n) is 7.03. The predicted molar refractivity (Wildman–Crippen MR) is 155 cm³/mol. The zero-order valence-electron chi connectivity index (χ0n) is 22.1. The van der Waals surface area contributed by atoms with Crippen molar-refractivity contribution in [2.45, 2.75) is 38.4 Å². The van der Waals surface area contributed by atoms with Gasteiger partial charge in [0.2, 0.25) is 0 Å². The molecule has 0 bridgehead atoms. The van der Waals surface area contributed by atoms with Crippen LogP contribution in [0.2, 0.25) is 10.0 Å². The van der Waals surface area contributed by atoms with Gasteiger partial charge in [0.15, 0.2) is 5.75 Å². The summed E-state index contributed by atoms with van der Waals surface area (Å²) in [7, 11) is 0. The number of rotatable bonds is 7. The molecule has 0 aliphatic rings. The molecule has 0 fully saturated rings. The lowest BCUT2D eigenvalue weighted by molar-refractivity contribution is -0.189. The van der Waals surface area contributed by atoms with E-state index in [-0.39, 0.29) is 17.2 Å². The van der Waals surface area contributed by atoms with E-state index in [0.29, 0.717) is 33.5 Å². The van der Waals surface area contributed by atoms with Gasteiger partial charge < -0.3 is 9.30 Å². The zero-order chi connectivity index (χ0) is 29.3. The first-order chi connectivity index (χ1) is 19.5. The van der Waals surface area contributed by atoms with Crippen LogP contribution in [0.15, 0.2) is 91.0 Å². The van der Waals surface area contributed by atoms with E-state index in [0.717, 1.165) is 16.7 Å². The summed E-state index contributed by atoms with van der Waals surface area (Å²) in [6.45, 7) is 4.36. The van der Waals surface area contributed by atoms with E-state index in [4.69, 9.17) is 27.9 Å². The third kappa shape index (κ3) is 6.26. The van der Waals surface area contributed by atoms with Gasteiger partial charge in [0.1, 0.15) is 11.3 Å². The summed E-state index contributed by atoms with van der Waals surface area (Å²) in [5.74, 6) is -2.36. The minimum absolute atomic E-state index is 0.0699. The molecule has 1 aromatic heterocycles. The average Bonchev–Trinajstić information content (AvgIpc) is 3.26. The molecule has 5 rings (SSSR count). The summed E-state index contributed by atoms with van der Waals surface area (Å²) in [6, 6.07) is 27.7. The number of nitrogens with zero attached hydrogens (tertiary/aromatic N) is 2. The Labute approximate surface area is 245 Å². The molecule has 0 radical (unpaired) electrons. The quantitative estimate of drug-likeness (QED) is 0.107. The fourth-order valence-electron chi connectivity index (χ4n) is 5.01. The van der Waals surface area contributed by atoms with Crippen LogP contribution >= 0.6 is 23.2 Å². The first kappa shape index (κ1) is 28.7. The smallest absolute Gasteiger partial charge is 0.417 e. The summed E-state index contributed by atoms with van der Waals surface area (Å²) in [6.07, 6.45) is -5.17. The van der Waals surface area contributed by atoms with Crippen LogP contribution < -0.4 is 4.74 Å². The Bertz CT molecular complexity index is 1640. The lowest BCUT2D eigenvalue weighted by Crippen LogP contribution is -2.28. The number of carbonyl (C=O) groups is 1. The van der Waals surface area contributed by atoms with Crippen LogP contribution in [0.25, 0.3) is 11.0 Å². The number of hydrogen-bond acceptors (Lipinski definition) is 3. The van der Waals surface area contributed by atoms with Gasteiger partial charge in [-0.25, -0.2) is 9.78 Å².